The van der Waals surface area contributed by atoms with Gasteiger partial charge in [0, 0.05) is 54.4 Å². The molecule has 3 atom stereocenters. The fourth-order valence-corrected chi connectivity index (χ4v) is 4.81. The van der Waals surface area contributed by atoms with Crippen molar-refractivity contribution in [3.05, 3.63) is 95.1 Å². The Morgan fingerprint density at radius 1 is 1.08 bits per heavy atom. The van der Waals surface area contributed by atoms with E-state index < -0.39 is 6.04 Å². The summed E-state index contributed by atoms with van der Waals surface area (Å²) in [6.45, 7) is 3.33. The van der Waals surface area contributed by atoms with Gasteiger partial charge in [-0.2, -0.15) is 12.6 Å². The molecule has 37 heavy (non-hydrogen) atoms. The third-order valence-corrected chi connectivity index (χ3v) is 7.05. The topological polar surface area (TPSA) is 83.1 Å². The van der Waals surface area contributed by atoms with Crippen LogP contribution >= 0.6 is 12.6 Å². The second-order valence-electron chi connectivity index (χ2n) is 9.57. The van der Waals surface area contributed by atoms with Crippen molar-refractivity contribution in [3.8, 4) is 0 Å². The van der Waals surface area contributed by atoms with Gasteiger partial charge in [0.25, 0.3) is 5.91 Å². The van der Waals surface area contributed by atoms with E-state index >= 15 is 0 Å². The van der Waals surface area contributed by atoms with Crippen LogP contribution in [0.3, 0.4) is 0 Å². The quantitative estimate of drug-likeness (QED) is 0.287. The lowest BCUT2D eigenvalue weighted by Gasteiger charge is -2.18. The van der Waals surface area contributed by atoms with Crippen molar-refractivity contribution in [3.63, 3.8) is 0 Å². The third-order valence-electron chi connectivity index (χ3n) is 6.66. The number of aryl methyl sites for hydroxylation is 2. The molecule has 8 heteroatoms. The molecule has 0 saturated carbocycles. The molecule has 1 aromatic heterocycles. The minimum absolute atomic E-state index is 0.0738. The van der Waals surface area contributed by atoms with Crippen LogP contribution in [0.2, 0.25) is 0 Å². The number of thiol groups is 1. The number of carbonyl (C=O) groups excluding carboxylic acids is 2. The number of anilines is 1. The van der Waals surface area contributed by atoms with Crippen molar-refractivity contribution in [2.45, 2.75) is 49.9 Å². The van der Waals surface area contributed by atoms with Gasteiger partial charge in [0.15, 0.2) is 5.78 Å². The Labute approximate surface area is 222 Å². The smallest absolute Gasteiger partial charge is 0.252 e. The van der Waals surface area contributed by atoms with Crippen LogP contribution in [0.4, 0.5) is 10.1 Å². The maximum Gasteiger partial charge on any atom is 0.252 e. The van der Waals surface area contributed by atoms with Crippen LogP contribution in [0.25, 0.3) is 0 Å². The Balaban J connectivity index is 1.46. The van der Waals surface area contributed by atoms with Crippen LogP contribution < -0.4 is 16.0 Å². The van der Waals surface area contributed by atoms with Gasteiger partial charge in [-0.3, -0.25) is 14.6 Å². The molecule has 6 nitrogen and oxygen atoms in total. The molecular formula is C29H33FN4O2S. The number of Topliss-reactive ketones (excluding diaryl/α,β-unsaturated/α-hetero) is 1. The van der Waals surface area contributed by atoms with Crippen LogP contribution in [0, 0.1) is 5.82 Å². The standard InChI is InChI=1S/C29H33FN4O2S/c1-19(28(35)14-21-10-12-31-13-11-21)34-29(36)27-16-24(32-17-25-15-26(37)18-33-25)9-6-22(27)5-2-20-3-7-23(30)8-4-20/h3-4,6-13,16,19,25-26,32-33,37H,2,5,14-15,17-18H2,1H3,(H,34,36)/t19-,25+,26+/m1/s1. The first-order valence-electron chi connectivity index (χ1n) is 12.6. The maximum absolute atomic E-state index is 13.4. The van der Waals surface area contributed by atoms with Crippen LogP contribution in [-0.2, 0) is 24.1 Å². The Morgan fingerprint density at radius 2 is 1.84 bits per heavy atom. The zero-order valence-corrected chi connectivity index (χ0v) is 21.8. The summed E-state index contributed by atoms with van der Waals surface area (Å²) >= 11 is 4.53. The van der Waals surface area contributed by atoms with E-state index in [0.29, 0.717) is 29.7 Å². The number of amides is 1. The number of rotatable bonds is 11. The maximum atomic E-state index is 13.4. The lowest BCUT2D eigenvalue weighted by Crippen LogP contribution is -2.39. The normalized spacial score (nSPS) is 17.8. The molecule has 1 aliphatic heterocycles. The highest BCUT2D eigenvalue weighted by Crippen LogP contribution is 2.20. The van der Waals surface area contributed by atoms with Gasteiger partial charge in [0.2, 0.25) is 0 Å². The van der Waals surface area contributed by atoms with Gasteiger partial charge in [-0.05, 0) is 79.3 Å². The van der Waals surface area contributed by atoms with E-state index in [4.69, 9.17) is 0 Å². The molecule has 3 N–H and O–H groups in total. The summed E-state index contributed by atoms with van der Waals surface area (Å²) in [6.07, 6.45) is 5.78. The predicted octanol–water partition coefficient (Wildman–Crippen LogP) is 4.01. The fraction of sp³-hybridized carbons (Fsp3) is 0.345. The molecule has 0 aliphatic carbocycles. The summed E-state index contributed by atoms with van der Waals surface area (Å²) in [5, 5.41) is 10.1. The van der Waals surface area contributed by atoms with Gasteiger partial charge < -0.3 is 16.0 Å². The number of pyridine rings is 1. The van der Waals surface area contributed by atoms with Crippen molar-refractivity contribution in [1.29, 1.82) is 0 Å². The van der Waals surface area contributed by atoms with Crippen LogP contribution in [-0.4, -0.2) is 47.1 Å². The highest BCUT2D eigenvalue weighted by atomic mass is 32.1. The second kappa shape index (κ2) is 12.8. The average Bonchev–Trinajstić information content (AvgIpc) is 3.32. The minimum atomic E-state index is -0.641. The summed E-state index contributed by atoms with van der Waals surface area (Å²) in [5.74, 6) is -0.635. The Morgan fingerprint density at radius 3 is 2.54 bits per heavy atom. The Bertz CT molecular complexity index is 1210. The molecule has 4 rings (SSSR count). The van der Waals surface area contributed by atoms with Crippen LogP contribution in [0.1, 0.15) is 40.4 Å². The summed E-state index contributed by atoms with van der Waals surface area (Å²) in [4.78, 5) is 30.1. The summed E-state index contributed by atoms with van der Waals surface area (Å²) < 4.78 is 13.3. The van der Waals surface area contributed by atoms with Crippen molar-refractivity contribution in [1.82, 2.24) is 15.6 Å². The minimum Gasteiger partial charge on any atom is -0.383 e. The van der Waals surface area contributed by atoms with Crippen molar-refractivity contribution in [2.75, 3.05) is 18.4 Å². The van der Waals surface area contributed by atoms with Crippen molar-refractivity contribution in [2.24, 2.45) is 0 Å². The molecule has 1 amide bonds. The molecule has 2 heterocycles. The first-order chi connectivity index (χ1) is 17.9. The van der Waals surface area contributed by atoms with Gasteiger partial charge in [-0.25, -0.2) is 4.39 Å². The molecular weight excluding hydrogens is 487 g/mol. The number of ketones is 1. The summed E-state index contributed by atoms with van der Waals surface area (Å²) in [6, 6.07) is 15.5. The average molecular weight is 521 g/mol. The van der Waals surface area contributed by atoms with Crippen molar-refractivity contribution < 1.29 is 14.0 Å². The first-order valence-corrected chi connectivity index (χ1v) is 13.1. The zero-order valence-electron chi connectivity index (χ0n) is 20.9. The Kier molecular flexibility index (Phi) is 9.30. The van der Waals surface area contributed by atoms with Crippen LogP contribution in [0.15, 0.2) is 67.0 Å². The van der Waals surface area contributed by atoms with Crippen LogP contribution in [0.5, 0.6) is 0 Å². The van der Waals surface area contributed by atoms with E-state index in [2.05, 4.69) is 33.6 Å². The van der Waals surface area contributed by atoms with E-state index in [1.165, 1.54) is 12.1 Å². The number of carbonyl (C=O) groups is 2. The number of nitrogens with one attached hydrogen (secondary N) is 3. The molecule has 1 saturated heterocycles. The monoisotopic (exact) mass is 520 g/mol. The predicted molar refractivity (Wildman–Crippen MR) is 148 cm³/mol. The lowest BCUT2D eigenvalue weighted by molar-refractivity contribution is -0.119. The van der Waals surface area contributed by atoms with E-state index in [9.17, 15) is 14.0 Å². The number of aromatic nitrogens is 1. The molecule has 0 unspecified atom stereocenters. The Hall–Kier alpha value is -3.23. The molecule has 0 radical (unpaired) electrons. The van der Waals surface area contributed by atoms with Gasteiger partial charge >= 0.3 is 0 Å². The third kappa shape index (κ3) is 7.87. The molecule has 3 aromatic rings. The lowest BCUT2D eigenvalue weighted by atomic mass is 9.98. The second-order valence-corrected chi connectivity index (χ2v) is 10.3. The number of hydrogen-bond donors (Lipinski definition) is 4. The summed E-state index contributed by atoms with van der Waals surface area (Å²) in [5.41, 5.74) is 4.09. The van der Waals surface area contributed by atoms with Gasteiger partial charge in [0.1, 0.15) is 5.82 Å². The highest BCUT2D eigenvalue weighted by molar-refractivity contribution is 7.81. The number of benzene rings is 2. The molecule has 0 spiro atoms. The molecule has 1 aliphatic rings. The van der Waals surface area contributed by atoms with Gasteiger partial charge in [-0.1, -0.05) is 18.2 Å². The first kappa shape index (κ1) is 26.8. The van der Waals surface area contributed by atoms with E-state index in [-0.39, 0.29) is 23.9 Å². The van der Waals surface area contributed by atoms with E-state index in [0.717, 1.165) is 41.9 Å². The molecule has 194 valence electrons. The van der Waals surface area contributed by atoms with Gasteiger partial charge in [0.05, 0.1) is 6.04 Å². The van der Waals surface area contributed by atoms with Gasteiger partial charge in [-0.15, -0.1) is 0 Å². The fourth-order valence-electron chi connectivity index (χ4n) is 4.45. The molecule has 2 aromatic carbocycles. The number of halogens is 1. The molecule has 0 bridgehead atoms. The van der Waals surface area contributed by atoms with E-state index in [1.54, 1.807) is 43.6 Å². The van der Waals surface area contributed by atoms with E-state index in [1.807, 2.05) is 18.2 Å². The summed E-state index contributed by atoms with van der Waals surface area (Å²) in [7, 11) is 0. The number of hydrogen-bond acceptors (Lipinski definition) is 6. The number of nitrogens with zero attached hydrogens (tertiary/aromatic N) is 1. The SMILES string of the molecule is C[C@@H](NC(=O)c1cc(NC[C@@H]2C[C@H](S)CN2)ccc1CCc1ccc(F)cc1)C(=O)Cc1ccncc1. The highest BCUT2D eigenvalue weighted by Gasteiger charge is 2.22. The zero-order chi connectivity index (χ0) is 26.2. The molecule has 1 fully saturated rings. The largest absolute Gasteiger partial charge is 0.383 e. The van der Waals surface area contributed by atoms with Crippen molar-refractivity contribution >= 4 is 30.0 Å².